The van der Waals surface area contributed by atoms with E-state index in [4.69, 9.17) is 0 Å². The van der Waals surface area contributed by atoms with Gasteiger partial charge in [0.1, 0.15) is 11.5 Å². The lowest BCUT2D eigenvalue weighted by Crippen LogP contribution is -2.49. The molecular weight excluding hydrogens is 334 g/mol. The first-order valence-corrected chi connectivity index (χ1v) is 7.59. The van der Waals surface area contributed by atoms with Gasteiger partial charge < -0.3 is 9.80 Å². The van der Waals surface area contributed by atoms with Gasteiger partial charge in [-0.1, -0.05) is 0 Å². The number of pyridine rings is 1. The number of carbonyl (C=O) groups is 1. The normalized spacial score (nSPS) is 15.3. The molecule has 0 aromatic carbocycles. The molecule has 0 radical (unpaired) electrons. The van der Waals surface area contributed by atoms with Crippen molar-refractivity contribution in [3.63, 3.8) is 0 Å². The minimum absolute atomic E-state index is 0.0368. The molecule has 21 heavy (non-hydrogen) atoms. The van der Waals surface area contributed by atoms with E-state index in [1.807, 2.05) is 17.0 Å². The number of amides is 1. The van der Waals surface area contributed by atoms with Gasteiger partial charge in [-0.2, -0.15) is 5.10 Å². The molecule has 1 saturated heterocycles. The SMILES string of the molecule is Cn1nccc1C(=O)N1CCN(c2ncccc2Br)CC1. The van der Waals surface area contributed by atoms with Crippen LogP contribution in [0, 0.1) is 0 Å². The molecule has 3 rings (SSSR count). The summed E-state index contributed by atoms with van der Waals surface area (Å²) in [5, 5.41) is 4.05. The van der Waals surface area contributed by atoms with E-state index in [-0.39, 0.29) is 5.91 Å². The Morgan fingerprint density at radius 2 is 1.95 bits per heavy atom. The molecule has 2 aromatic rings. The Kier molecular flexibility index (Phi) is 3.92. The van der Waals surface area contributed by atoms with Crippen LogP contribution in [0.1, 0.15) is 10.5 Å². The topological polar surface area (TPSA) is 54.3 Å². The number of anilines is 1. The summed E-state index contributed by atoms with van der Waals surface area (Å²) in [5.41, 5.74) is 0.627. The molecule has 0 N–H and O–H groups in total. The highest BCUT2D eigenvalue weighted by Gasteiger charge is 2.25. The number of rotatable bonds is 2. The van der Waals surface area contributed by atoms with E-state index in [0.29, 0.717) is 18.8 Å². The van der Waals surface area contributed by atoms with Crippen LogP contribution in [0.3, 0.4) is 0 Å². The molecule has 0 atom stereocenters. The Balaban J connectivity index is 1.67. The van der Waals surface area contributed by atoms with Crippen molar-refractivity contribution in [3.8, 4) is 0 Å². The molecule has 0 saturated carbocycles. The van der Waals surface area contributed by atoms with Gasteiger partial charge in [0.25, 0.3) is 5.91 Å². The molecule has 3 heterocycles. The minimum atomic E-state index is 0.0368. The molecule has 1 fully saturated rings. The van der Waals surface area contributed by atoms with E-state index in [9.17, 15) is 4.79 Å². The zero-order chi connectivity index (χ0) is 14.8. The van der Waals surface area contributed by atoms with Crippen molar-refractivity contribution < 1.29 is 4.79 Å². The van der Waals surface area contributed by atoms with Crippen molar-refractivity contribution in [2.45, 2.75) is 0 Å². The number of aromatic nitrogens is 3. The largest absolute Gasteiger partial charge is 0.352 e. The van der Waals surface area contributed by atoms with Crippen molar-refractivity contribution in [3.05, 3.63) is 40.8 Å². The lowest BCUT2D eigenvalue weighted by atomic mass is 10.2. The molecule has 1 aliphatic heterocycles. The lowest BCUT2D eigenvalue weighted by molar-refractivity contribution is 0.0735. The molecule has 110 valence electrons. The van der Waals surface area contributed by atoms with Gasteiger partial charge >= 0.3 is 0 Å². The van der Waals surface area contributed by atoms with E-state index in [1.54, 1.807) is 30.2 Å². The molecular formula is C14H16BrN5O. The minimum Gasteiger partial charge on any atom is -0.352 e. The van der Waals surface area contributed by atoms with E-state index < -0.39 is 0 Å². The third kappa shape index (κ3) is 2.78. The molecule has 6 nitrogen and oxygen atoms in total. The Morgan fingerprint density at radius 1 is 1.19 bits per heavy atom. The summed E-state index contributed by atoms with van der Waals surface area (Å²) in [7, 11) is 1.79. The van der Waals surface area contributed by atoms with Crippen LogP contribution in [-0.4, -0.2) is 51.8 Å². The summed E-state index contributed by atoms with van der Waals surface area (Å²) >= 11 is 3.52. The molecule has 1 amide bonds. The van der Waals surface area contributed by atoms with Gasteiger partial charge in [-0.15, -0.1) is 0 Å². The van der Waals surface area contributed by atoms with Gasteiger partial charge in [0.2, 0.25) is 0 Å². The average Bonchev–Trinajstić information content (AvgIpc) is 2.93. The predicted octanol–water partition coefficient (Wildman–Crippen LogP) is 1.54. The van der Waals surface area contributed by atoms with Crippen LogP contribution >= 0.6 is 15.9 Å². The number of halogens is 1. The number of carbonyl (C=O) groups excluding carboxylic acids is 1. The maximum atomic E-state index is 12.4. The Morgan fingerprint density at radius 3 is 2.57 bits per heavy atom. The van der Waals surface area contributed by atoms with E-state index in [2.05, 4.69) is 30.9 Å². The summed E-state index contributed by atoms with van der Waals surface area (Å²) < 4.78 is 2.60. The molecule has 1 aliphatic rings. The first kappa shape index (κ1) is 14.1. The van der Waals surface area contributed by atoms with E-state index in [0.717, 1.165) is 23.4 Å². The van der Waals surface area contributed by atoms with Crippen molar-refractivity contribution in [1.82, 2.24) is 19.7 Å². The zero-order valence-electron chi connectivity index (χ0n) is 11.7. The summed E-state index contributed by atoms with van der Waals surface area (Å²) in [4.78, 5) is 20.9. The zero-order valence-corrected chi connectivity index (χ0v) is 13.3. The number of nitrogens with zero attached hydrogens (tertiary/aromatic N) is 5. The summed E-state index contributed by atoms with van der Waals surface area (Å²) in [6.45, 7) is 2.93. The third-order valence-electron chi connectivity index (χ3n) is 3.65. The van der Waals surface area contributed by atoms with Gasteiger partial charge in [-0.05, 0) is 34.1 Å². The molecule has 0 spiro atoms. The van der Waals surface area contributed by atoms with Gasteiger partial charge in [-0.25, -0.2) is 4.98 Å². The van der Waals surface area contributed by atoms with Gasteiger partial charge in [0.15, 0.2) is 0 Å². The monoisotopic (exact) mass is 349 g/mol. The third-order valence-corrected chi connectivity index (χ3v) is 4.26. The second kappa shape index (κ2) is 5.85. The maximum Gasteiger partial charge on any atom is 0.272 e. The standard InChI is InChI=1S/C14H16BrN5O/c1-18-12(4-6-17-18)14(21)20-9-7-19(8-10-20)13-11(15)3-2-5-16-13/h2-6H,7-10H2,1H3. The lowest BCUT2D eigenvalue weighted by Gasteiger charge is -2.35. The van der Waals surface area contributed by atoms with Crippen LogP contribution in [0.25, 0.3) is 0 Å². The predicted molar refractivity (Wildman–Crippen MR) is 83.3 cm³/mol. The highest BCUT2D eigenvalue weighted by Crippen LogP contribution is 2.24. The summed E-state index contributed by atoms with van der Waals surface area (Å²) in [6.07, 6.45) is 3.43. The summed E-state index contributed by atoms with van der Waals surface area (Å²) in [5.74, 6) is 0.972. The van der Waals surface area contributed by atoms with Crippen molar-refractivity contribution in [2.24, 2.45) is 7.05 Å². The van der Waals surface area contributed by atoms with Crippen LogP contribution in [-0.2, 0) is 7.05 Å². The Labute approximate surface area is 131 Å². The van der Waals surface area contributed by atoms with Crippen LogP contribution < -0.4 is 4.90 Å². The van der Waals surface area contributed by atoms with Crippen LogP contribution in [0.2, 0.25) is 0 Å². The molecule has 0 bridgehead atoms. The molecule has 7 heteroatoms. The van der Waals surface area contributed by atoms with Gasteiger partial charge in [-0.3, -0.25) is 9.48 Å². The smallest absolute Gasteiger partial charge is 0.272 e. The van der Waals surface area contributed by atoms with Gasteiger partial charge in [0, 0.05) is 45.6 Å². The average molecular weight is 350 g/mol. The van der Waals surface area contributed by atoms with Crippen molar-refractivity contribution in [1.29, 1.82) is 0 Å². The highest BCUT2D eigenvalue weighted by atomic mass is 79.9. The second-order valence-corrected chi connectivity index (χ2v) is 5.78. The van der Waals surface area contributed by atoms with Crippen molar-refractivity contribution >= 4 is 27.7 Å². The van der Waals surface area contributed by atoms with E-state index in [1.165, 1.54) is 0 Å². The molecule has 2 aromatic heterocycles. The molecule has 0 unspecified atom stereocenters. The first-order valence-electron chi connectivity index (χ1n) is 6.79. The first-order chi connectivity index (χ1) is 10.2. The van der Waals surface area contributed by atoms with Crippen LogP contribution in [0.15, 0.2) is 35.1 Å². The number of aryl methyl sites for hydroxylation is 1. The van der Waals surface area contributed by atoms with Gasteiger partial charge in [0.05, 0.1) is 4.47 Å². The number of piperazine rings is 1. The Bertz CT molecular complexity index is 648. The fourth-order valence-electron chi connectivity index (χ4n) is 2.48. The fourth-order valence-corrected chi connectivity index (χ4v) is 2.98. The molecule has 0 aliphatic carbocycles. The number of hydrogen-bond acceptors (Lipinski definition) is 4. The maximum absolute atomic E-state index is 12.4. The summed E-state index contributed by atoms with van der Waals surface area (Å²) in [6, 6.07) is 5.63. The number of hydrogen-bond donors (Lipinski definition) is 0. The highest BCUT2D eigenvalue weighted by molar-refractivity contribution is 9.10. The second-order valence-electron chi connectivity index (χ2n) is 4.93. The van der Waals surface area contributed by atoms with Crippen molar-refractivity contribution in [2.75, 3.05) is 31.1 Å². The van der Waals surface area contributed by atoms with E-state index >= 15 is 0 Å². The van der Waals surface area contributed by atoms with Crippen LogP contribution in [0.5, 0.6) is 0 Å². The fraction of sp³-hybridized carbons (Fsp3) is 0.357. The Hall–Kier alpha value is -1.89. The van der Waals surface area contributed by atoms with Crippen LogP contribution in [0.4, 0.5) is 5.82 Å². The quantitative estimate of drug-likeness (QED) is 0.825.